The Morgan fingerprint density at radius 2 is 2.15 bits per heavy atom. The molecule has 0 aliphatic carbocycles. The first-order chi connectivity index (χ1) is 12.5. The van der Waals surface area contributed by atoms with Crippen molar-refractivity contribution >= 4 is 46.2 Å². The van der Waals surface area contributed by atoms with E-state index in [4.69, 9.17) is 16.6 Å². The normalized spacial score (nSPS) is 21.0. The van der Waals surface area contributed by atoms with E-state index in [1.54, 1.807) is 29.4 Å². The molecule has 9 heteroatoms. The van der Waals surface area contributed by atoms with E-state index in [2.05, 4.69) is 17.4 Å². The molecule has 0 aromatic carbocycles. The van der Waals surface area contributed by atoms with E-state index in [-0.39, 0.29) is 11.8 Å². The molecule has 0 saturated carbocycles. The van der Waals surface area contributed by atoms with Crippen molar-refractivity contribution in [3.63, 3.8) is 0 Å². The van der Waals surface area contributed by atoms with E-state index >= 15 is 0 Å². The number of hydrogen-bond acceptors (Lipinski definition) is 7. The Morgan fingerprint density at radius 3 is 2.85 bits per heavy atom. The summed E-state index contributed by atoms with van der Waals surface area (Å²) in [5.41, 5.74) is 2.93. The minimum Gasteiger partial charge on any atom is -0.465 e. The number of nitrogens with one attached hydrogen (secondary N) is 1. The number of furan rings is 1. The molecule has 2 aliphatic rings. The lowest BCUT2D eigenvalue weighted by Crippen LogP contribution is -2.52. The second kappa shape index (κ2) is 8.81. The molecule has 2 aliphatic heterocycles. The van der Waals surface area contributed by atoms with Gasteiger partial charge in [-0.15, -0.1) is 0 Å². The third-order valence-corrected chi connectivity index (χ3v) is 5.64. The summed E-state index contributed by atoms with van der Waals surface area (Å²) in [6.07, 6.45) is 4.19. The third kappa shape index (κ3) is 4.94. The highest BCUT2D eigenvalue weighted by molar-refractivity contribution is 8.26. The number of hydrazine groups is 1. The van der Waals surface area contributed by atoms with Gasteiger partial charge in [0, 0.05) is 45.2 Å². The molecule has 3 rings (SSSR count). The minimum absolute atomic E-state index is 0.0221. The number of thioether (sulfide) groups is 1. The van der Waals surface area contributed by atoms with Crippen LogP contribution in [0.1, 0.15) is 18.6 Å². The Kier molecular flexibility index (Phi) is 6.47. The van der Waals surface area contributed by atoms with Gasteiger partial charge in [-0.2, -0.15) is 0 Å². The predicted molar refractivity (Wildman–Crippen MR) is 105 cm³/mol. The van der Waals surface area contributed by atoms with Crippen molar-refractivity contribution in [3.8, 4) is 0 Å². The number of carbonyl (C=O) groups is 2. The lowest BCUT2D eigenvalue weighted by Gasteiger charge is -2.32. The summed E-state index contributed by atoms with van der Waals surface area (Å²) in [6, 6.07) is 3.56. The first-order valence-corrected chi connectivity index (χ1v) is 9.77. The molecule has 7 nitrogen and oxygen atoms in total. The van der Waals surface area contributed by atoms with E-state index in [9.17, 15) is 9.59 Å². The molecule has 1 aromatic heterocycles. The number of carbonyl (C=O) groups excluding carboxylic acids is 2. The number of hydrogen-bond donors (Lipinski definition) is 1. The van der Waals surface area contributed by atoms with Gasteiger partial charge in [-0.25, -0.2) is 5.01 Å². The second-order valence-corrected chi connectivity index (χ2v) is 7.95. The fraction of sp³-hybridized carbons (Fsp3) is 0.471. The number of piperazine rings is 1. The van der Waals surface area contributed by atoms with Crippen LogP contribution in [0.5, 0.6) is 0 Å². The van der Waals surface area contributed by atoms with Gasteiger partial charge in [0.1, 0.15) is 10.1 Å². The van der Waals surface area contributed by atoms with Gasteiger partial charge in [0.05, 0.1) is 11.2 Å². The highest BCUT2D eigenvalue weighted by atomic mass is 32.2. The molecule has 2 amide bonds. The summed E-state index contributed by atoms with van der Waals surface area (Å²) < 4.78 is 5.76. The van der Waals surface area contributed by atoms with Gasteiger partial charge in [-0.3, -0.25) is 19.9 Å². The lowest BCUT2D eigenvalue weighted by atomic mass is 10.2. The Hall–Kier alpha value is -1.68. The fourth-order valence-electron chi connectivity index (χ4n) is 2.74. The Bertz CT molecular complexity index is 697. The number of likely N-dealkylation sites (N-methyl/N-ethyl adjacent to an activating group) is 1. The maximum atomic E-state index is 12.5. The summed E-state index contributed by atoms with van der Waals surface area (Å²) in [5, 5.41) is 1.95. The smallest absolute Gasteiger partial charge is 0.266 e. The Labute approximate surface area is 162 Å². The highest BCUT2D eigenvalue weighted by Crippen LogP contribution is 2.32. The maximum Gasteiger partial charge on any atom is 0.266 e. The zero-order chi connectivity index (χ0) is 18.5. The summed E-state index contributed by atoms with van der Waals surface area (Å²) >= 11 is 6.56. The quantitative estimate of drug-likeness (QED) is 0.580. The van der Waals surface area contributed by atoms with E-state index in [0.29, 0.717) is 34.4 Å². The molecule has 0 atom stereocenters. The van der Waals surface area contributed by atoms with E-state index in [0.717, 1.165) is 26.2 Å². The van der Waals surface area contributed by atoms with Crippen LogP contribution in [0.3, 0.4) is 0 Å². The highest BCUT2D eigenvalue weighted by Gasteiger charge is 2.31. The van der Waals surface area contributed by atoms with Gasteiger partial charge in [0.25, 0.3) is 5.91 Å². The molecule has 2 fully saturated rings. The molecule has 0 unspecified atom stereocenters. The summed E-state index contributed by atoms with van der Waals surface area (Å²) in [5.74, 6) is 0.471. The van der Waals surface area contributed by atoms with Gasteiger partial charge in [0.2, 0.25) is 5.91 Å². The molecule has 140 valence electrons. The monoisotopic (exact) mass is 394 g/mol. The van der Waals surface area contributed by atoms with Crippen molar-refractivity contribution in [3.05, 3.63) is 29.1 Å². The zero-order valence-electron chi connectivity index (χ0n) is 14.6. The molecule has 1 N–H and O–H groups in total. The second-order valence-electron chi connectivity index (χ2n) is 6.28. The number of thiocarbonyl (C=S) groups is 1. The molecule has 0 radical (unpaired) electrons. The first-order valence-electron chi connectivity index (χ1n) is 8.55. The van der Waals surface area contributed by atoms with Crippen molar-refractivity contribution in [2.75, 3.05) is 39.8 Å². The van der Waals surface area contributed by atoms with Crippen LogP contribution in [0, 0.1) is 0 Å². The van der Waals surface area contributed by atoms with Crippen LogP contribution in [-0.2, 0) is 9.59 Å². The Morgan fingerprint density at radius 1 is 1.38 bits per heavy atom. The van der Waals surface area contributed by atoms with Crippen molar-refractivity contribution in [2.45, 2.75) is 12.8 Å². The number of rotatable bonds is 6. The molecule has 1 aromatic rings. The minimum atomic E-state index is -0.129. The van der Waals surface area contributed by atoms with E-state index < -0.39 is 0 Å². The first kappa shape index (κ1) is 19.1. The SMILES string of the molecule is CN1CCN(NC(=O)CCCN2C(=O)C(=Cc3ccco3)SC2=S)CC1. The molecule has 2 saturated heterocycles. The molecular weight excluding hydrogens is 372 g/mol. The average Bonchev–Trinajstić information content (AvgIpc) is 3.21. The molecular formula is C17H22N4O3S2. The van der Waals surface area contributed by atoms with Crippen LogP contribution in [0.25, 0.3) is 6.08 Å². The van der Waals surface area contributed by atoms with E-state index in [1.807, 2.05) is 5.01 Å². The summed E-state index contributed by atoms with van der Waals surface area (Å²) in [4.78, 5) is 28.9. The van der Waals surface area contributed by atoms with Crippen LogP contribution in [0.15, 0.2) is 27.7 Å². The molecule has 3 heterocycles. The fourth-order valence-corrected chi connectivity index (χ4v) is 4.03. The van der Waals surface area contributed by atoms with Crippen LogP contribution in [0.2, 0.25) is 0 Å². The van der Waals surface area contributed by atoms with Gasteiger partial charge >= 0.3 is 0 Å². The largest absolute Gasteiger partial charge is 0.465 e. The van der Waals surface area contributed by atoms with Gasteiger partial charge in [0.15, 0.2) is 0 Å². The number of amides is 2. The van der Waals surface area contributed by atoms with Crippen LogP contribution in [-0.4, -0.2) is 70.7 Å². The van der Waals surface area contributed by atoms with Crippen LogP contribution >= 0.6 is 24.0 Å². The van der Waals surface area contributed by atoms with Crippen LogP contribution < -0.4 is 5.43 Å². The summed E-state index contributed by atoms with van der Waals surface area (Å²) in [7, 11) is 2.07. The number of nitrogens with zero attached hydrogens (tertiary/aromatic N) is 3. The standard InChI is InChI=1S/C17H22N4O3S2/c1-19-7-9-20(10-8-19)18-15(22)5-2-6-21-16(23)14(26-17(21)25)12-13-4-3-11-24-13/h3-4,11-12H,2,5-10H2,1H3,(H,18,22). The van der Waals surface area contributed by atoms with Gasteiger partial charge < -0.3 is 9.32 Å². The molecule has 0 spiro atoms. The topological polar surface area (TPSA) is 69.0 Å². The third-order valence-electron chi connectivity index (χ3n) is 4.26. The average molecular weight is 395 g/mol. The zero-order valence-corrected chi connectivity index (χ0v) is 16.3. The Balaban J connectivity index is 1.43. The van der Waals surface area contributed by atoms with Crippen LogP contribution in [0.4, 0.5) is 0 Å². The maximum absolute atomic E-state index is 12.5. The van der Waals surface area contributed by atoms with Gasteiger partial charge in [-0.1, -0.05) is 24.0 Å². The van der Waals surface area contributed by atoms with Gasteiger partial charge in [-0.05, 0) is 25.6 Å². The van der Waals surface area contributed by atoms with Crippen molar-refractivity contribution < 1.29 is 14.0 Å². The van der Waals surface area contributed by atoms with Crippen molar-refractivity contribution in [1.29, 1.82) is 0 Å². The lowest BCUT2D eigenvalue weighted by molar-refractivity contribution is -0.127. The van der Waals surface area contributed by atoms with Crippen molar-refractivity contribution in [2.24, 2.45) is 0 Å². The molecule has 26 heavy (non-hydrogen) atoms. The molecule has 0 bridgehead atoms. The predicted octanol–water partition coefficient (Wildman–Crippen LogP) is 1.54. The van der Waals surface area contributed by atoms with E-state index in [1.165, 1.54) is 11.8 Å². The summed E-state index contributed by atoms with van der Waals surface area (Å²) in [6.45, 7) is 3.98. The van der Waals surface area contributed by atoms with Crippen molar-refractivity contribution in [1.82, 2.24) is 20.2 Å².